The van der Waals surface area contributed by atoms with Crippen molar-refractivity contribution in [3.63, 3.8) is 0 Å². The molecule has 0 radical (unpaired) electrons. The summed E-state index contributed by atoms with van der Waals surface area (Å²) >= 11 is 0. The summed E-state index contributed by atoms with van der Waals surface area (Å²) in [5.41, 5.74) is 1.21. The molecular formula is C15H25FN2. The number of hydrogen-bond acceptors (Lipinski definition) is 2. The summed E-state index contributed by atoms with van der Waals surface area (Å²) in [7, 11) is 4.18. The first kappa shape index (κ1) is 15.1. The fraction of sp³-hybridized carbons (Fsp3) is 0.600. The van der Waals surface area contributed by atoms with Crippen LogP contribution in [0.3, 0.4) is 0 Å². The van der Waals surface area contributed by atoms with E-state index in [1.807, 2.05) is 12.1 Å². The van der Waals surface area contributed by atoms with Crippen LogP contribution in [0.4, 0.5) is 4.39 Å². The van der Waals surface area contributed by atoms with Crippen LogP contribution in [0.2, 0.25) is 0 Å². The third kappa shape index (κ3) is 3.79. The summed E-state index contributed by atoms with van der Waals surface area (Å²) in [4.78, 5) is 2.23. The Bertz CT molecular complexity index is 357. The van der Waals surface area contributed by atoms with Crippen molar-refractivity contribution >= 4 is 0 Å². The molecule has 102 valence electrons. The minimum atomic E-state index is -0.175. The van der Waals surface area contributed by atoms with Gasteiger partial charge in [0.25, 0.3) is 0 Å². The van der Waals surface area contributed by atoms with E-state index in [0.29, 0.717) is 6.04 Å². The van der Waals surface area contributed by atoms with Crippen LogP contribution in [-0.2, 0) is 6.42 Å². The number of nitrogens with one attached hydrogen (secondary N) is 1. The lowest BCUT2D eigenvalue weighted by molar-refractivity contribution is 0.138. The summed E-state index contributed by atoms with van der Waals surface area (Å²) in [6, 6.07) is 7.13. The zero-order chi connectivity index (χ0) is 13.8. The van der Waals surface area contributed by atoms with Crippen LogP contribution in [0.15, 0.2) is 24.3 Å². The lowest BCUT2D eigenvalue weighted by Crippen LogP contribution is -2.56. The number of nitrogens with zero attached hydrogens (tertiary/aromatic N) is 1. The average Bonchev–Trinajstić information content (AvgIpc) is 2.31. The maximum absolute atomic E-state index is 12.9. The van der Waals surface area contributed by atoms with Gasteiger partial charge in [0.2, 0.25) is 0 Å². The Hall–Kier alpha value is -0.930. The minimum Gasteiger partial charge on any atom is -0.312 e. The molecule has 3 heteroatoms. The van der Waals surface area contributed by atoms with Crippen molar-refractivity contribution in [3.05, 3.63) is 35.6 Å². The van der Waals surface area contributed by atoms with E-state index in [9.17, 15) is 4.39 Å². The van der Waals surface area contributed by atoms with E-state index in [-0.39, 0.29) is 11.4 Å². The molecule has 1 N–H and O–H groups in total. The van der Waals surface area contributed by atoms with Gasteiger partial charge in [0.1, 0.15) is 5.82 Å². The molecule has 0 heterocycles. The van der Waals surface area contributed by atoms with Gasteiger partial charge in [0.05, 0.1) is 0 Å². The Balaban J connectivity index is 2.83. The number of likely N-dealkylation sites (N-methyl/N-ethyl adjacent to an activating group) is 2. The van der Waals surface area contributed by atoms with Gasteiger partial charge in [-0.15, -0.1) is 0 Å². The normalized spacial score (nSPS) is 13.9. The van der Waals surface area contributed by atoms with E-state index in [0.717, 1.165) is 18.5 Å². The van der Waals surface area contributed by atoms with Crippen LogP contribution in [0.5, 0.6) is 0 Å². The zero-order valence-corrected chi connectivity index (χ0v) is 12.1. The first-order chi connectivity index (χ1) is 8.37. The second-order valence-corrected chi connectivity index (χ2v) is 5.49. The molecule has 0 aliphatic carbocycles. The number of hydrogen-bond donors (Lipinski definition) is 1. The van der Waals surface area contributed by atoms with Gasteiger partial charge in [-0.1, -0.05) is 19.1 Å². The van der Waals surface area contributed by atoms with Crippen molar-refractivity contribution in [2.45, 2.75) is 38.8 Å². The van der Waals surface area contributed by atoms with E-state index in [2.05, 4.69) is 45.1 Å². The van der Waals surface area contributed by atoms with Gasteiger partial charge in [-0.05, 0) is 58.6 Å². The predicted octanol–water partition coefficient (Wildman–Crippen LogP) is 2.69. The van der Waals surface area contributed by atoms with E-state index in [1.54, 1.807) is 0 Å². The zero-order valence-electron chi connectivity index (χ0n) is 12.1. The summed E-state index contributed by atoms with van der Waals surface area (Å²) < 4.78 is 12.9. The van der Waals surface area contributed by atoms with Gasteiger partial charge in [0, 0.05) is 11.6 Å². The van der Waals surface area contributed by atoms with E-state index in [1.165, 1.54) is 12.1 Å². The van der Waals surface area contributed by atoms with Crippen molar-refractivity contribution in [1.82, 2.24) is 10.2 Å². The van der Waals surface area contributed by atoms with E-state index < -0.39 is 0 Å². The predicted molar refractivity (Wildman–Crippen MR) is 75.3 cm³/mol. The summed E-state index contributed by atoms with van der Waals surface area (Å²) in [6.07, 6.45) is 0.902. The molecule has 0 aromatic heterocycles. The highest BCUT2D eigenvalue weighted by atomic mass is 19.1. The van der Waals surface area contributed by atoms with Crippen molar-refractivity contribution in [1.29, 1.82) is 0 Å². The molecule has 0 fully saturated rings. The third-order valence-corrected chi connectivity index (χ3v) is 3.81. The van der Waals surface area contributed by atoms with Crippen molar-refractivity contribution < 1.29 is 4.39 Å². The molecule has 18 heavy (non-hydrogen) atoms. The van der Waals surface area contributed by atoms with Crippen LogP contribution < -0.4 is 5.32 Å². The Morgan fingerprint density at radius 1 is 1.22 bits per heavy atom. The Morgan fingerprint density at radius 2 is 1.78 bits per heavy atom. The SMILES string of the molecule is CCNC(Cc1ccc(F)cc1)C(C)(C)N(C)C. The molecule has 2 nitrogen and oxygen atoms in total. The topological polar surface area (TPSA) is 15.3 Å². The molecule has 1 aromatic carbocycles. The van der Waals surface area contributed by atoms with Crippen molar-refractivity contribution in [2.75, 3.05) is 20.6 Å². The van der Waals surface area contributed by atoms with Gasteiger partial charge in [-0.2, -0.15) is 0 Å². The first-order valence-electron chi connectivity index (χ1n) is 6.53. The van der Waals surface area contributed by atoms with E-state index >= 15 is 0 Å². The molecule has 1 unspecified atom stereocenters. The van der Waals surface area contributed by atoms with Gasteiger partial charge >= 0.3 is 0 Å². The van der Waals surface area contributed by atoms with Crippen LogP contribution in [-0.4, -0.2) is 37.1 Å². The minimum absolute atomic E-state index is 0.0460. The standard InChI is InChI=1S/C15H25FN2/c1-6-17-14(15(2,3)18(4)5)11-12-7-9-13(16)10-8-12/h7-10,14,17H,6,11H2,1-5H3. The fourth-order valence-corrected chi connectivity index (χ4v) is 1.99. The summed E-state index contributed by atoms with van der Waals surface area (Å²) in [5, 5.41) is 3.53. The van der Waals surface area contributed by atoms with Crippen molar-refractivity contribution in [3.8, 4) is 0 Å². The Labute approximate surface area is 110 Å². The summed E-state index contributed by atoms with van der Waals surface area (Å²) in [5.74, 6) is -0.175. The maximum Gasteiger partial charge on any atom is 0.123 e. The van der Waals surface area contributed by atoms with E-state index in [4.69, 9.17) is 0 Å². The molecular weight excluding hydrogens is 227 g/mol. The van der Waals surface area contributed by atoms with Crippen LogP contribution in [0.1, 0.15) is 26.3 Å². The summed E-state index contributed by atoms with van der Waals surface area (Å²) in [6.45, 7) is 7.50. The smallest absolute Gasteiger partial charge is 0.123 e. The molecule has 0 spiro atoms. The largest absolute Gasteiger partial charge is 0.312 e. The van der Waals surface area contributed by atoms with Gasteiger partial charge < -0.3 is 10.2 Å². The van der Waals surface area contributed by atoms with Gasteiger partial charge in [0.15, 0.2) is 0 Å². The lowest BCUT2D eigenvalue weighted by Gasteiger charge is -2.40. The van der Waals surface area contributed by atoms with Gasteiger partial charge in [-0.3, -0.25) is 0 Å². The highest BCUT2D eigenvalue weighted by molar-refractivity contribution is 5.18. The highest BCUT2D eigenvalue weighted by Crippen LogP contribution is 2.19. The molecule has 0 aliphatic rings. The molecule has 0 aliphatic heterocycles. The molecule has 1 aromatic rings. The number of rotatable bonds is 6. The Morgan fingerprint density at radius 3 is 2.22 bits per heavy atom. The second-order valence-electron chi connectivity index (χ2n) is 5.49. The maximum atomic E-state index is 12.9. The fourth-order valence-electron chi connectivity index (χ4n) is 1.99. The molecule has 0 amide bonds. The molecule has 0 saturated heterocycles. The Kier molecular flexibility index (Phi) is 5.29. The quantitative estimate of drug-likeness (QED) is 0.837. The average molecular weight is 252 g/mol. The number of benzene rings is 1. The van der Waals surface area contributed by atoms with Crippen LogP contribution >= 0.6 is 0 Å². The van der Waals surface area contributed by atoms with Crippen molar-refractivity contribution in [2.24, 2.45) is 0 Å². The van der Waals surface area contributed by atoms with Gasteiger partial charge in [-0.25, -0.2) is 4.39 Å². The third-order valence-electron chi connectivity index (χ3n) is 3.81. The monoisotopic (exact) mass is 252 g/mol. The molecule has 0 saturated carbocycles. The van der Waals surface area contributed by atoms with Crippen LogP contribution in [0, 0.1) is 5.82 Å². The lowest BCUT2D eigenvalue weighted by atomic mass is 9.88. The second kappa shape index (κ2) is 6.30. The number of halogens is 1. The molecule has 0 bridgehead atoms. The highest BCUT2D eigenvalue weighted by Gasteiger charge is 2.30. The first-order valence-corrected chi connectivity index (χ1v) is 6.53. The molecule has 1 rings (SSSR count). The van der Waals surface area contributed by atoms with Crippen LogP contribution in [0.25, 0.3) is 0 Å². The molecule has 1 atom stereocenters.